The lowest BCUT2D eigenvalue weighted by Crippen LogP contribution is -1.96. The highest BCUT2D eigenvalue weighted by molar-refractivity contribution is 5.78. The van der Waals surface area contributed by atoms with Crippen LogP contribution in [-0.4, -0.2) is 6.21 Å². The third-order valence-corrected chi connectivity index (χ3v) is 3.56. The van der Waals surface area contributed by atoms with Crippen molar-refractivity contribution < 1.29 is 0 Å². The molecule has 1 aliphatic carbocycles. The van der Waals surface area contributed by atoms with Crippen LogP contribution in [0.15, 0.2) is 48.5 Å². The minimum Gasteiger partial charge on any atom is -0.313 e. The lowest BCUT2D eigenvalue weighted by atomic mass is 9.92. The molecule has 1 heteroatoms. The summed E-state index contributed by atoms with van der Waals surface area (Å²) < 4.78 is 0. The Morgan fingerprint density at radius 1 is 0.895 bits per heavy atom. The minimum absolute atomic E-state index is 0.476. The van der Waals surface area contributed by atoms with Crippen LogP contribution in [0.5, 0.6) is 0 Å². The van der Waals surface area contributed by atoms with Crippen molar-refractivity contribution in [3.8, 4) is 11.1 Å². The predicted octanol–water partition coefficient (Wildman–Crippen LogP) is 5.25. The Balaban J connectivity index is 0.000000637. The van der Waals surface area contributed by atoms with Gasteiger partial charge in [0.25, 0.3) is 0 Å². The van der Waals surface area contributed by atoms with Gasteiger partial charge in [-0.15, -0.1) is 0 Å². The summed E-state index contributed by atoms with van der Waals surface area (Å²) in [6, 6.07) is 17.3. The van der Waals surface area contributed by atoms with Gasteiger partial charge in [-0.25, -0.2) is 0 Å². The van der Waals surface area contributed by atoms with E-state index in [1.54, 1.807) is 0 Å². The van der Waals surface area contributed by atoms with Crippen LogP contribution < -0.4 is 0 Å². The molecule has 0 amide bonds. The molecule has 0 bridgehead atoms. The van der Waals surface area contributed by atoms with Crippen LogP contribution in [0.2, 0.25) is 0 Å². The molecule has 0 saturated heterocycles. The number of fused-ring (bicyclic) bond motifs is 3. The maximum Gasteiger partial charge on any atom is 0.0105 e. The van der Waals surface area contributed by atoms with Crippen LogP contribution in [0.3, 0.4) is 0 Å². The Labute approximate surface area is 115 Å². The van der Waals surface area contributed by atoms with E-state index in [-0.39, 0.29) is 0 Å². The largest absolute Gasteiger partial charge is 0.313 e. The highest BCUT2D eigenvalue weighted by Gasteiger charge is 2.26. The van der Waals surface area contributed by atoms with Gasteiger partial charge in [0.1, 0.15) is 0 Å². The van der Waals surface area contributed by atoms with E-state index >= 15 is 0 Å². The maximum absolute atomic E-state index is 7.21. The van der Waals surface area contributed by atoms with Crippen molar-refractivity contribution in [1.29, 1.82) is 5.41 Å². The number of nitrogens with one attached hydrogen (secondary N) is 1. The number of benzene rings is 2. The van der Waals surface area contributed by atoms with E-state index in [0.29, 0.717) is 5.92 Å². The summed E-state index contributed by atoms with van der Waals surface area (Å²) in [5.74, 6) is 0.476. The SMILES string of the molecule is CC.N=CCCC1c2ccccc2-c2ccccc21. The quantitative estimate of drug-likeness (QED) is 0.720. The Bertz CT molecular complexity index is 512. The van der Waals surface area contributed by atoms with Crippen molar-refractivity contribution in [3.05, 3.63) is 59.7 Å². The van der Waals surface area contributed by atoms with E-state index < -0.39 is 0 Å². The molecule has 98 valence electrons. The summed E-state index contributed by atoms with van der Waals surface area (Å²) in [6.07, 6.45) is 3.41. The summed E-state index contributed by atoms with van der Waals surface area (Å²) in [5.41, 5.74) is 5.60. The molecule has 2 aromatic rings. The summed E-state index contributed by atoms with van der Waals surface area (Å²) >= 11 is 0. The standard InChI is InChI=1S/C16H15N.C2H6/c17-11-5-10-16-14-8-3-1-6-12(14)13-7-2-4-9-15(13)16;1-2/h1-4,6-9,11,16-17H,5,10H2;1-2H3. The minimum atomic E-state index is 0.476. The molecule has 3 rings (SSSR count). The highest BCUT2D eigenvalue weighted by Crippen LogP contribution is 2.46. The highest BCUT2D eigenvalue weighted by atomic mass is 14.3. The predicted molar refractivity (Wildman–Crippen MR) is 83.1 cm³/mol. The van der Waals surface area contributed by atoms with Gasteiger partial charge in [0, 0.05) is 5.92 Å². The molecule has 0 fully saturated rings. The second-order valence-electron chi connectivity index (χ2n) is 4.51. The smallest absolute Gasteiger partial charge is 0.0105 e. The summed E-state index contributed by atoms with van der Waals surface area (Å²) in [7, 11) is 0. The first-order chi connectivity index (χ1) is 9.42. The monoisotopic (exact) mass is 251 g/mol. The Kier molecular flexibility index (Phi) is 4.51. The van der Waals surface area contributed by atoms with Gasteiger partial charge in [-0.2, -0.15) is 0 Å². The van der Waals surface area contributed by atoms with Gasteiger partial charge in [0.15, 0.2) is 0 Å². The fourth-order valence-electron chi connectivity index (χ4n) is 2.82. The molecule has 19 heavy (non-hydrogen) atoms. The lowest BCUT2D eigenvalue weighted by molar-refractivity contribution is 0.763. The van der Waals surface area contributed by atoms with E-state index in [1.807, 2.05) is 13.8 Å². The van der Waals surface area contributed by atoms with Gasteiger partial charge in [0.2, 0.25) is 0 Å². The van der Waals surface area contributed by atoms with Crippen LogP contribution in [0.4, 0.5) is 0 Å². The van der Waals surface area contributed by atoms with E-state index in [1.165, 1.54) is 28.5 Å². The molecular formula is C18H21N. The first-order valence-electron chi connectivity index (χ1n) is 7.09. The topological polar surface area (TPSA) is 23.9 Å². The van der Waals surface area contributed by atoms with Crippen LogP contribution in [0, 0.1) is 5.41 Å². The van der Waals surface area contributed by atoms with E-state index in [0.717, 1.165) is 12.8 Å². The van der Waals surface area contributed by atoms with Crippen molar-refractivity contribution in [2.75, 3.05) is 0 Å². The molecule has 0 saturated carbocycles. The van der Waals surface area contributed by atoms with Crippen molar-refractivity contribution in [2.24, 2.45) is 0 Å². The van der Waals surface area contributed by atoms with E-state index in [2.05, 4.69) is 48.5 Å². The van der Waals surface area contributed by atoms with Crippen LogP contribution >= 0.6 is 0 Å². The number of hydrogen-bond acceptors (Lipinski definition) is 1. The van der Waals surface area contributed by atoms with Gasteiger partial charge in [-0.05, 0) is 41.3 Å². The molecule has 0 spiro atoms. The zero-order valence-corrected chi connectivity index (χ0v) is 11.7. The Hall–Kier alpha value is -1.89. The second kappa shape index (κ2) is 6.33. The zero-order valence-electron chi connectivity index (χ0n) is 11.7. The Morgan fingerprint density at radius 3 is 1.84 bits per heavy atom. The maximum atomic E-state index is 7.21. The molecule has 1 aliphatic rings. The molecule has 1 N–H and O–H groups in total. The first kappa shape index (κ1) is 13.5. The third kappa shape index (κ3) is 2.46. The fourth-order valence-corrected chi connectivity index (χ4v) is 2.82. The van der Waals surface area contributed by atoms with E-state index in [9.17, 15) is 0 Å². The van der Waals surface area contributed by atoms with Gasteiger partial charge < -0.3 is 5.41 Å². The third-order valence-electron chi connectivity index (χ3n) is 3.56. The normalized spacial score (nSPS) is 12.1. The van der Waals surface area contributed by atoms with Crippen molar-refractivity contribution >= 4 is 6.21 Å². The molecule has 2 aromatic carbocycles. The van der Waals surface area contributed by atoms with Crippen LogP contribution in [0.25, 0.3) is 11.1 Å². The molecule has 0 atom stereocenters. The molecule has 0 heterocycles. The Morgan fingerprint density at radius 2 is 1.37 bits per heavy atom. The van der Waals surface area contributed by atoms with Crippen molar-refractivity contribution in [2.45, 2.75) is 32.6 Å². The molecule has 0 aliphatic heterocycles. The fraction of sp³-hybridized carbons (Fsp3) is 0.278. The average molecular weight is 251 g/mol. The van der Waals surface area contributed by atoms with Gasteiger partial charge in [0.05, 0.1) is 0 Å². The number of rotatable bonds is 3. The molecule has 0 radical (unpaired) electrons. The van der Waals surface area contributed by atoms with Crippen LogP contribution in [0.1, 0.15) is 43.7 Å². The molecular weight excluding hydrogens is 230 g/mol. The van der Waals surface area contributed by atoms with Crippen molar-refractivity contribution in [3.63, 3.8) is 0 Å². The number of hydrogen-bond donors (Lipinski definition) is 1. The molecule has 1 nitrogen and oxygen atoms in total. The summed E-state index contributed by atoms with van der Waals surface area (Å²) in [4.78, 5) is 0. The van der Waals surface area contributed by atoms with Gasteiger partial charge in [-0.1, -0.05) is 62.4 Å². The van der Waals surface area contributed by atoms with Crippen molar-refractivity contribution in [1.82, 2.24) is 0 Å². The van der Waals surface area contributed by atoms with Gasteiger partial charge >= 0.3 is 0 Å². The van der Waals surface area contributed by atoms with Gasteiger partial charge in [-0.3, -0.25) is 0 Å². The lowest BCUT2D eigenvalue weighted by Gasteiger charge is -2.11. The zero-order chi connectivity index (χ0) is 13.7. The average Bonchev–Trinajstić information content (AvgIpc) is 2.82. The molecule has 0 unspecified atom stereocenters. The first-order valence-corrected chi connectivity index (χ1v) is 7.09. The van der Waals surface area contributed by atoms with E-state index in [4.69, 9.17) is 5.41 Å². The van der Waals surface area contributed by atoms with Crippen LogP contribution in [-0.2, 0) is 0 Å². The molecule has 0 aromatic heterocycles. The second-order valence-corrected chi connectivity index (χ2v) is 4.51. The summed E-state index contributed by atoms with van der Waals surface area (Å²) in [5, 5.41) is 7.21. The summed E-state index contributed by atoms with van der Waals surface area (Å²) in [6.45, 7) is 4.00.